The second-order valence-corrected chi connectivity index (χ2v) is 2.85. The average Bonchev–Trinajstić information content (AvgIpc) is 1.61. The molecule has 1 heteroatoms. The first-order valence-corrected chi connectivity index (χ1v) is 3.29. The molecule has 0 aliphatic carbocycles. The highest BCUT2D eigenvalue weighted by molar-refractivity contribution is 4.53. The van der Waals surface area contributed by atoms with Crippen LogP contribution >= 0.6 is 0 Å². The lowest BCUT2D eigenvalue weighted by atomic mass is 10.2. The Labute approximate surface area is 52.5 Å². The number of nitrogens with zero attached hydrogens (tertiary/aromatic N) is 1. The van der Waals surface area contributed by atoms with Crippen molar-refractivity contribution < 1.29 is 0 Å². The van der Waals surface area contributed by atoms with E-state index in [0.29, 0.717) is 6.04 Å². The van der Waals surface area contributed by atoms with Crippen LogP contribution in [0.5, 0.6) is 0 Å². The summed E-state index contributed by atoms with van der Waals surface area (Å²) < 4.78 is 0. The molecule has 0 N–H and O–H groups in total. The number of hydrogen-bond donors (Lipinski definition) is 0. The molecule has 1 nitrogen and oxygen atoms in total. The molecule has 0 saturated carbocycles. The molecule has 49 valence electrons. The van der Waals surface area contributed by atoms with Gasteiger partial charge in [-0.1, -0.05) is 13.8 Å². The van der Waals surface area contributed by atoms with Crippen molar-refractivity contribution in [2.45, 2.75) is 33.7 Å². The van der Waals surface area contributed by atoms with Crippen molar-refractivity contribution in [2.24, 2.45) is 5.92 Å². The summed E-state index contributed by atoms with van der Waals surface area (Å²) in [6, 6.07) is 0.511. The van der Waals surface area contributed by atoms with E-state index in [-0.39, 0.29) is 0 Å². The molecule has 0 amide bonds. The van der Waals surface area contributed by atoms with Gasteiger partial charge in [0, 0.05) is 12.6 Å². The summed E-state index contributed by atoms with van der Waals surface area (Å²) in [6.07, 6.45) is 0. The Balaban J connectivity index is 2.93. The lowest BCUT2D eigenvalue weighted by Gasteiger charge is -2.06. The Kier molecular flexibility index (Phi) is 3.88. The first kappa shape index (κ1) is 7.96. The quantitative estimate of drug-likeness (QED) is 0.529. The molecular weight excluding hydrogens is 98.1 g/mol. The van der Waals surface area contributed by atoms with Gasteiger partial charge >= 0.3 is 0 Å². The monoisotopic (exact) mass is 114 g/mol. The lowest BCUT2D eigenvalue weighted by molar-refractivity contribution is 0.495. The molecule has 0 rings (SSSR count). The molecule has 0 aromatic rings. The van der Waals surface area contributed by atoms with Crippen LogP contribution in [-0.4, -0.2) is 12.6 Å². The Morgan fingerprint density at radius 2 is 1.62 bits per heavy atom. The third-order valence-corrected chi connectivity index (χ3v) is 0.836. The molecule has 0 aromatic heterocycles. The van der Waals surface area contributed by atoms with Crippen molar-refractivity contribution in [1.82, 2.24) is 5.32 Å². The third-order valence-electron chi connectivity index (χ3n) is 0.836. The van der Waals surface area contributed by atoms with Crippen LogP contribution in [0, 0.1) is 5.92 Å². The van der Waals surface area contributed by atoms with Gasteiger partial charge in [-0.15, -0.1) is 0 Å². The van der Waals surface area contributed by atoms with Gasteiger partial charge < -0.3 is 0 Å². The smallest absolute Gasteiger partial charge is 0.0189 e. The maximum atomic E-state index is 4.32. The van der Waals surface area contributed by atoms with Gasteiger partial charge in [0.1, 0.15) is 0 Å². The van der Waals surface area contributed by atoms with Crippen LogP contribution in [0.15, 0.2) is 0 Å². The van der Waals surface area contributed by atoms with Crippen LogP contribution in [0.4, 0.5) is 0 Å². The van der Waals surface area contributed by atoms with Crippen LogP contribution in [0.25, 0.3) is 0 Å². The summed E-state index contributed by atoms with van der Waals surface area (Å²) in [5.41, 5.74) is 0. The molecule has 0 bridgehead atoms. The van der Waals surface area contributed by atoms with E-state index in [1.165, 1.54) is 0 Å². The van der Waals surface area contributed by atoms with E-state index in [0.717, 1.165) is 12.5 Å². The molecule has 1 radical (unpaired) electrons. The molecule has 0 aliphatic heterocycles. The topological polar surface area (TPSA) is 14.1 Å². The summed E-state index contributed by atoms with van der Waals surface area (Å²) in [7, 11) is 0. The number of rotatable bonds is 3. The maximum absolute atomic E-state index is 4.32. The Hall–Kier alpha value is -0.0400. The van der Waals surface area contributed by atoms with Crippen molar-refractivity contribution in [1.29, 1.82) is 0 Å². The van der Waals surface area contributed by atoms with Crippen LogP contribution < -0.4 is 5.32 Å². The molecule has 0 spiro atoms. The fourth-order valence-electron chi connectivity index (χ4n) is 0.422. The summed E-state index contributed by atoms with van der Waals surface area (Å²) in [5, 5.41) is 4.32. The normalized spacial score (nSPS) is 11.2. The lowest BCUT2D eigenvalue weighted by Crippen LogP contribution is -2.18. The second kappa shape index (κ2) is 3.90. The van der Waals surface area contributed by atoms with Gasteiger partial charge in [0.2, 0.25) is 0 Å². The fraction of sp³-hybridized carbons (Fsp3) is 1.00. The SMILES string of the molecule is CC(C)C[N]C(C)C. The van der Waals surface area contributed by atoms with Crippen molar-refractivity contribution in [3.63, 3.8) is 0 Å². The highest BCUT2D eigenvalue weighted by Crippen LogP contribution is 1.90. The van der Waals surface area contributed by atoms with E-state index in [9.17, 15) is 0 Å². The molecule has 0 saturated heterocycles. The minimum atomic E-state index is 0.511. The Bertz CT molecular complexity index is 40.3. The highest BCUT2D eigenvalue weighted by atomic mass is 14.9. The second-order valence-electron chi connectivity index (χ2n) is 2.85. The zero-order valence-corrected chi connectivity index (χ0v) is 6.31. The summed E-state index contributed by atoms with van der Waals surface area (Å²) >= 11 is 0. The molecule has 0 aromatic carbocycles. The van der Waals surface area contributed by atoms with Crippen LogP contribution in [0.3, 0.4) is 0 Å². The predicted octanol–water partition coefficient (Wildman–Crippen LogP) is 1.66. The zero-order valence-electron chi connectivity index (χ0n) is 6.31. The first-order chi connectivity index (χ1) is 3.63. The minimum Gasteiger partial charge on any atom is -0.239 e. The van der Waals surface area contributed by atoms with Crippen molar-refractivity contribution >= 4 is 0 Å². The number of hydrogen-bond acceptors (Lipinski definition) is 0. The standard InChI is InChI=1S/C7H16N/c1-6(2)5-8-7(3)4/h6-7H,5H2,1-4H3. The Morgan fingerprint density at radius 1 is 1.12 bits per heavy atom. The van der Waals surface area contributed by atoms with Gasteiger partial charge in [-0.3, -0.25) is 0 Å². The van der Waals surface area contributed by atoms with Gasteiger partial charge in [-0.25, -0.2) is 5.32 Å². The van der Waals surface area contributed by atoms with Gasteiger partial charge in [-0.2, -0.15) is 0 Å². The molecule has 0 aliphatic rings. The molecule has 8 heavy (non-hydrogen) atoms. The largest absolute Gasteiger partial charge is 0.239 e. The van der Waals surface area contributed by atoms with Crippen molar-refractivity contribution in [3.8, 4) is 0 Å². The predicted molar refractivity (Wildman–Crippen MR) is 37.0 cm³/mol. The molecule has 0 unspecified atom stereocenters. The summed E-state index contributed by atoms with van der Waals surface area (Å²) in [6.45, 7) is 9.61. The van der Waals surface area contributed by atoms with Gasteiger partial charge in [0.05, 0.1) is 0 Å². The van der Waals surface area contributed by atoms with Crippen molar-refractivity contribution in [3.05, 3.63) is 0 Å². The van der Waals surface area contributed by atoms with Gasteiger partial charge in [0.25, 0.3) is 0 Å². The summed E-state index contributed by atoms with van der Waals surface area (Å²) in [4.78, 5) is 0. The zero-order chi connectivity index (χ0) is 6.57. The van der Waals surface area contributed by atoms with Crippen LogP contribution in [-0.2, 0) is 0 Å². The van der Waals surface area contributed by atoms with E-state index in [2.05, 4.69) is 33.0 Å². The van der Waals surface area contributed by atoms with Gasteiger partial charge in [-0.05, 0) is 19.8 Å². The fourth-order valence-corrected chi connectivity index (χ4v) is 0.422. The van der Waals surface area contributed by atoms with E-state index < -0.39 is 0 Å². The van der Waals surface area contributed by atoms with Gasteiger partial charge in [0.15, 0.2) is 0 Å². The van der Waals surface area contributed by atoms with E-state index >= 15 is 0 Å². The maximum Gasteiger partial charge on any atom is 0.0189 e. The first-order valence-electron chi connectivity index (χ1n) is 3.29. The minimum absolute atomic E-state index is 0.511. The molecule has 0 fully saturated rings. The third kappa shape index (κ3) is 5.96. The van der Waals surface area contributed by atoms with Crippen molar-refractivity contribution in [2.75, 3.05) is 6.54 Å². The molecule has 0 heterocycles. The van der Waals surface area contributed by atoms with E-state index in [1.54, 1.807) is 0 Å². The van der Waals surface area contributed by atoms with E-state index in [4.69, 9.17) is 0 Å². The molecular formula is C7H16N. The van der Waals surface area contributed by atoms with Crippen LogP contribution in [0.2, 0.25) is 0 Å². The van der Waals surface area contributed by atoms with Crippen LogP contribution in [0.1, 0.15) is 27.7 Å². The Morgan fingerprint density at radius 3 is 1.75 bits per heavy atom. The summed E-state index contributed by atoms with van der Waals surface area (Å²) in [5.74, 6) is 0.720. The highest BCUT2D eigenvalue weighted by Gasteiger charge is 1.95. The molecule has 0 atom stereocenters. The average molecular weight is 114 g/mol. The van der Waals surface area contributed by atoms with E-state index in [1.807, 2.05) is 0 Å².